The smallest absolute Gasteiger partial charge is 0.416 e. The van der Waals surface area contributed by atoms with Gasteiger partial charge in [-0.25, -0.2) is 9.78 Å². The standard InChI is InChI=1S/C100H116ClF3N14O19S/c1-8-57(3)89-98(135)116(7)82(49-69-55-138-56-107-69)94(131)111-78(45-66-52-106-75-27-16-14-25-72(66)75)93(130)110-77(44-65-51-105-74-26-15-13-24-71(65)74)92(129)109-76(42-60-30-34-67(35-31-60)100(102,103)104)83(122)46-63(40-59-32-36-70(121)37-33-59)95(132)115(6)81(43-61-20-17-23-68(101)41-61)84(123)47-64(96(133)118-39-18-28-80(118)97(134)114(5)53-87(126)108-79(54-119)99(136)137)48-88(127)117(9-2)38-19-29-86(125)112-90(58(4)120)85(124)50-73(91(128)113-89)62-21-11-10-12-22-62/h10-17,20-27,30-37,41,51-52,55-58,63-64,73,76-82,89-90,105-106,119-121H,8-9,18-19,28-29,38-40,42-50,53-54H2,1-7H3,(H,108,126)(H,109,129)(H,110,130)(H,111,131)(H,112,125)(H,113,128)(H,136,137)/t57-,58+,63-,64-,73-,76-,77-,78-,79-,80-,81-,82-,89-,90-/m0/s1. The van der Waals surface area contributed by atoms with Crippen LogP contribution in [0.3, 0.4) is 0 Å². The molecule has 3 aromatic heterocycles. The topological polar surface area (TPSA) is 470 Å². The number of hydrogen-bond donors (Lipinski definition) is 12. The lowest BCUT2D eigenvalue weighted by atomic mass is 9.87. The molecule has 0 bridgehead atoms. The molecule has 12 N–H and O–H groups in total. The van der Waals surface area contributed by atoms with Crippen molar-refractivity contribution in [2.75, 3.05) is 53.9 Å². The number of alkyl halides is 3. The SMILES string of the molecule is CC[C@H](C)[C@@H]1NC(=O)[C@H](c2ccccc2)CC(=O)[C@H]([C@@H](C)O)NC(=O)CCCN(CC)C(=O)C[C@@H](C(=O)N2CCC[C@H]2C(=O)N(C)CC(=O)N[C@@H](CO)C(=O)O)CC(=O)[C@H](Cc2cccc(Cl)c2)N(C)C(=O)[C@@H](Cc2ccc(O)cc2)CC(=O)[C@H](Cc2ccc(C(F)(F)F)cc2)NC(=O)[C@H](Cc2c[nH]c3ccccc23)NC(=O)[C@H](Cc2c[nH]c3ccccc23)NC(=O)[C@H](Cc2cscn2)N(C)C1=O. The summed E-state index contributed by atoms with van der Waals surface area (Å²) in [6.07, 6.45) is -8.73. The van der Waals surface area contributed by atoms with Crippen LogP contribution in [0.15, 0.2) is 175 Å². The molecule has 5 heterocycles. The Balaban J connectivity index is 1.04. The summed E-state index contributed by atoms with van der Waals surface area (Å²) in [6.45, 7) is 4.12. The van der Waals surface area contributed by atoms with E-state index in [-0.39, 0.29) is 99.3 Å². The number of nitrogens with one attached hydrogen (secondary N) is 8. The number of halogens is 4. The van der Waals surface area contributed by atoms with Crippen LogP contribution in [0.1, 0.15) is 136 Å². The molecular formula is C100H116ClF3N14O19S. The average molecular weight is 1940 g/mol. The fourth-order valence-electron chi connectivity index (χ4n) is 17.6. The Morgan fingerprint density at radius 3 is 1.80 bits per heavy atom. The van der Waals surface area contributed by atoms with Crippen LogP contribution in [0, 0.1) is 17.8 Å². The number of H-pyrrole nitrogens is 2. The molecule has 38 heteroatoms. The van der Waals surface area contributed by atoms with Gasteiger partial charge in [-0.1, -0.05) is 135 Å². The molecular weight excluding hydrogens is 1830 g/mol. The maximum atomic E-state index is 16.3. The van der Waals surface area contributed by atoms with Gasteiger partial charge in [0.05, 0.1) is 59.9 Å². The number of carbonyl (C=O) groups excluding carboxylic acids is 14. The van der Waals surface area contributed by atoms with Crippen molar-refractivity contribution in [1.29, 1.82) is 0 Å². The molecule has 2 saturated heterocycles. The number of carboxylic acid groups (broad SMARTS) is 1. The van der Waals surface area contributed by atoms with Gasteiger partial charge in [0, 0.05) is 143 Å². The number of benzene rings is 6. The predicted octanol–water partition coefficient (Wildman–Crippen LogP) is 7.68. The quantitative estimate of drug-likeness (QED) is 0.0276. The van der Waals surface area contributed by atoms with Crippen molar-refractivity contribution in [1.82, 2.24) is 71.4 Å². The van der Waals surface area contributed by atoms with Crippen molar-refractivity contribution >= 4 is 133 Å². The summed E-state index contributed by atoms with van der Waals surface area (Å²) >= 11 is 7.83. The van der Waals surface area contributed by atoms with E-state index >= 15 is 47.9 Å². The third kappa shape index (κ3) is 27.7. The lowest BCUT2D eigenvalue weighted by Crippen LogP contribution is -2.61. The van der Waals surface area contributed by atoms with Gasteiger partial charge in [-0.15, -0.1) is 11.3 Å². The van der Waals surface area contributed by atoms with Crippen LogP contribution in [0.5, 0.6) is 5.75 Å². The van der Waals surface area contributed by atoms with E-state index in [9.17, 15) is 57.6 Å². The minimum atomic E-state index is -4.84. The Morgan fingerprint density at radius 2 is 1.22 bits per heavy atom. The molecule has 0 radical (unpaired) electrons. The van der Waals surface area contributed by atoms with E-state index in [0.717, 1.165) is 43.9 Å². The van der Waals surface area contributed by atoms with Crippen molar-refractivity contribution in [3.05, 3.63) is 225 Å². The first-order valence-electron chi connectivity index (χ1n) is 45.8. The van der Waals surface area contributed by atoms with E-state index in [1.54, 1.807) is 130 Å². The fraction of sp³-hybridized carbons (Fsp3) is 0.420. The second-order valence-electron chi connectivity index (χ2n) is 35.4. The third-order valence-electron chi connectivity index (χ3n) is 25.6. The van der Waals surface area contributed by atoms with E-state index in [2.05, 4.69) is 46.9 Å². The minimum Gasteiger partial charge on any atom is -0.508 e. The van der Waals surface area contributed by atoms with Crippen LogP contribution >= 0.6 is 22.9 Å². The highest BCUT2D eigenvalue weighted by atomic mass is 35.5. The van der Waals surface area contributed by atoms with Crippen LogP contribution in [0.4, 0.5) is 13.2 Å². The first-order chi connectivity index (χ1) is 65.8. The molecule has 33 nitrogen and oxygen atoms in total. The fourth-order valence-corrected chi connectivity index (χ4v) is 18.4. The number of likely N-dealkylation sites (tertiary alicyclic amines) is 1. The summed E-state index contributed by atoms with van der Waals surface area (Å²) in [5.41, 5.74) is 3.93. The van der Waals surface area contributed by atoms with E-state index < -0.39 is 236 Å². The Morgan fingerprint density at radius 1 is 0.616 bits per heavy atom. The second kappa shape index (κ2) is 48.5. The molecule has 0 aliphatic carbocycles. The van der Waals surface area contributed by atoms with Crippen molar-refractivity contribution < 1.29 is 106 Å². The van der Waals surface area contributed by atoms with Gasteiger partial charge in [-0.05, 0) is 140 Å². The van der Waals surface area contributed by atoms with Gasteiger partial charge in [-0.2, -0.15) is 13.2 Å². The molecule has 138 heavy (non-hydrogen) atoms. The number of para-hydroxylation sites is 2. The van der Waals surface area contributed by atoms with Gasteiger partial charge in [0.2, 0.25) is 65.0 Å². The lowest BCUT2D eigenvalue weighted by molar-refractivity contribution is -0.150. The maximum Gasteiger partial charge on any atom is 0.416 e. The molecule has 0 spiro atoms. The van der Waals surface area contributed by atoms with Gasteiger partial charge in [-0.3, -0.25) is 67.1 Å². The molecule has 0 saturated carbocycles. The van der Waals surface area contributed by atoms with Crippen molar-refractivity contribution in [2.24, 2.45) is 17.8 Å². The lowest BCUT2D eigenvalue weighted by Gasteiger charge is -2.34. The number of Topliss-reactive ketones (excluding diaryl/α,β-unsaturated/α-hetero) is 3. The van der Waals surface area contributed by atoms with Gasteiger partial charge in [0.25, 0.3) is 0 Å². The molecule has 14 atom stereocenters. The Bertz CT molecular complexity index is 5850. The largest absolute Gasteiger partial charge is 0.508 e. The van der Waals surface area contributed by atoms with Gasteiger partial charge >= 0.3 is 12.1 Å². The number of amides is 11. The van der Waals surface area contributed by atoms with Crippen LogP contribution in [0.25, 0.3) is 21.8 Å². The number of aromatic nitrogens is 3. The van der Waals surface area contributed by atoms with Crippen LogP contribution in [-0.4, -0.2) is 263 Å². The Labute approximate surface area is 804 Å². The monoisotopic (exact) mass is 1940 g/mol. The summed E-state index contributed by atoms with van der Waals surface area (Å²) in [7, 11) is 3.81. The number of aliphatic carboxylic acids is 1. The summed E-state index contributed by atoms with van der Waals surface area (Å²) in [6, 6.07) is 22.9. The highest BCUT2D eigenvalue weighted by molar-refractivity contribution is 7.07. The van der Waals surface area contributed by atoms with Gasteiger partial charge in [0.15, 0.2) is 17.3 Å². The van der Waals surface area contributed by atoms with Crippen LogP contribution in [0.2, 0.25) is 5.02 Å². The highest BCUT2D eigenvalue weighted by Crippen LogP contribution is 2.34. The number of carboxylic acids is 1. The first-order valence-corrected chi connectivity index (χ1v) is 47.1. The molecule has 2 aliphatic heterocycles. The normalized spacial score (nSPS) is 22.2. The minimum absolute atomic E-state index is 0.0107. The number of phenolic OH excluding ortho intramolecular Hbond substituents is 1. The van der Waals surface area contributed by atoms with Gasteiger partial charge in [0.1, 0.15) is 48.0 Å². The number of rotatable bonds is 24. The molecule has 9 aromatic rings. The number of phenols is 1. The zero-order chi connectivity index (χ0) is 99.9. The molecule has 11 rings (SSSR count). The van der Waals surface area contributed by atoms with E-state index in [4.69, 9.17) is 11.6 Å². The van der Waals surface area contributed by atoms with E-state index in [1.807, 2.05) is 0 Å². The van der Waals surface area contributed by atoms with Crippen molar-refractivity contribution in [3.8, 4) is 5.75 Å². The number of aromatic hydroxyl groups is 1. The zero-order valence-corrected chi connectivity index (χ0v) is 79.1. The number of aromatic amines is 2. The summed E-state index contributed by atoms with van der Waals surface area (Å²) in [5, 5.41) is 60.5. The number of ketones is 3. The summed E-state index contributed by atoms with van der Waals surface area (Å²) in [4.78, 5) is 244. The Hall–Kier alpha value is -13.5. The maximum absolute atomic E-state index is 16.3. The molecule has 0 unspecified atom stereocenters. The number of aliphatic hydroxyl groups excluding tert-OH is 2. The van der Waals surface area contributed by atoms with Crippen LogP contribution in [-0.2, 0) is 117 Å². The van der Waals surface area contributed by atoms with E-state index in [0.29, 0.717) is 49.8 Å². The molecule has 2 fully saturated rings. The third-order valence-corrected chi connectivity index (χ3v) is 26.5. The number of nitrogens with zero attached hydrogens (tertiary/aromatic N) is 6. The molecule has 11 amide bonds. The number of hydrogen-bond acceptors (Lipinski definition) is 20. The number of aliphatic hydroxyl groups is 2. The number of thiazole rings is 1. The Kier molecular flexibility index (Phi) is 36.9. The molecule has 6 aromatic carbocycles. The van der Waals surface area contributed by atoms with Crippen molar-refractivity contribution in [3.63, 3.8) is 0 Å². The predicted molar refractivity (Wildman–Crippen MR) is 506 cm³/mol. The zero-order valence-electron chi connectivity index (χ0n) is 77.5. The van der Waals surface area contributed by atoms with Crippen LogP contribution < -0.4 is 31.9 Å². The van der Waals surface area contributed by atoms with Crippen molar-refractivity contribution in [2.45, 2.75) is 197 Å². The summed E-state index contributed by atoms with van der Waals surface area (Å²) in [5.74, 6) is -19.6. The van der Waals surface area contributed by atoms with E-state index in [1.165, 1.54) is 86.2 Å². The highest BCUT2D eigenvalue weighted by Gasteiger charge is 2.46. The number of carbonyl (C=O) groups is 15. The second-order valence-corrected chi connectivity index (χ2v) is 36.5. The van der Waals surface area contributed by atoms with Gasteiger partial charge < -0.3 is 86.8 Å². The first kappa shape index (κ1) is 105. The number of fused-ring (bicyclic) bond motifs is 2. The molecule has 734 valence electrons. The molecule has 2 aliphatic rings. The number of likely N-dealkylation sites (N-methyl/N-ethyl adjacent to an activating group) is 3. The summed E-state index contributed by atoms with van der Waals surface area (Å²) < 4.78 is 43.4. The average Bonchev–Trinajstić information content (AvgIpc) is 1.65.